The van der Waals surface area contributed by atoms with E-state index in [1.54, 1.807) is 0 Å². The number of nitrogens with two attached hydrogens (primary N) is 1. The van der Waals surface area contributed by atoms with Crippen molar-refractivity contribution in [2.24, 2.45) is 10.7 Å². The van der Waals surface area contributed by atoms with E-state index in [1.807, 2.05) is 0 Å². The lowest BCUT2D eigenvalue weighted by Crippen LogP contribution is -2.34. The molecule has 1 aliphatic carbocycles. The summed E-state index contributed by atoms with van der Waals surface area (Å²) in [4.78, 5) is 12.7. The molecule has 2 heterocycles. The van der Waals surface area contributed by atoms with E-state index < -0.39 is 33.4 Å². The van der Waals surface area contributed by atoms with Crippen LogP contribution in [0.1, 0.15) is 62.0 Å². The first-order chi connectivity index (χ1) is 15.2. The van der Waals surface area contributed by atoms with Gasteiger partial charge in [0.1, 0.15) is 32.7 Å². The third kappa shape index (κ3) is 6.01. The summed E-state index contributed by atoms with van der Waals surface area (Å²) in [7, 11) is -3.56. The van der Waals surface area contributed by atoms with Gasteiger partial charge in [0.05, 0.1) is 5.75 Å². The average molecular weight is 490 g/mol. The van der Waals surface area contributed by atoms with Gasteiger partial charge in [-0.2, -0.15) is 18.2 Å². The lowest BCUT2D eigenvalue weighted by molar-refractivity contribution is -0.189. The third-order valence-electron chi connectivity index (χ3n) is 5.39. The quantitative estimate of drug-likeness (QED) is 0.442. The molecule has 13 heteroatoms. The number of amidine groups is 1. The number of aromatic nitrogens is 3. The van der Waals surface area contributed by atoms with Crippen LogP contribution in [0, 0.1) is 6.92 Å². The first-order valence-corrected chi connectivity index (χ1v) is 12.3. The summed E-state index contributed by atoms with van der Waals surface area (Å²) in [6.07, 6.45) is -1.51. The molecule has 0 aromatic carbocycles. The monoisotopic (exact) mass is 489 g/mol. The van der Waals surface area contributed by atoms with Gasteiger partial charge in [-0.05, 0) is 32.6 Å². The third-order valence-corrected chi connectivity index (χ3v) is 6.47. The van der Waals surface area contributed by atoms with Crippen molar-refractivity contribution >= 4 is 15.7 Å². The number of hydrogen-bond acceptors (Lipinski definition) is 8. The van der Waals surface area contributed by atoms with E-state index in [0.29, 0.717) is 5.56 Å². The number of sulfone groups is 1. The van der Waals surface area contributed by atoms with Crippen LogP contribution in [0.15, 0.2) is 21.8 Å². The van der Waals surface area contributed by atoms with Crippen LogP contribution >= 0.6 is 0 Å². The van der Waals surface area contributed by atoms with Crippen LogP contribution in [0.5, 0.6) is 5.75 Å². The van der Waals surface area contributed by atoms with Gasteiger partial charge in [0.15, 0.2) is 11.9 Å². The summed E-state index contributed by atoms with van der Waals surface area (Å²) in [5.41, 5.74) is 5.24. The first-order valence-electron chi connectivity index (χ1n) is 10.3. The lowest BCUT2D eigenvalue weighted by atomic mass is 9.80. The number of hydrogen-bond donors (Lipinski definition) is 1. The summed E-state index contributed by atoms with van der Waals surface area (Å²) in [6, 6.07) is 1.30. The van der Waals surface area contributed by atoms with Crippen LogP contribution in [0.4, 0.5) is 13.2 Å². The fraction of sp³-hybridized carbons (Fsp3) is 0.600. The predicted octanol–water partition coefficient (Wildman–Crippen LogP) is 3.04. The molecule has 0 saturated heterocycles. The maximum atomic E-state index is 13.1. The van der Waals surface area contributed by atoms with E-state index in [0.717, 1.165) is 32.4 Å². The number of alkyl halides is 3. The van der Waals surface area contributed by atoms with Crippen LogP contribution in [0.3, 0.4) is 0 Å². The van der Waals surface area contributed by atoms with Crippen molar-refractivity contribution in [1.82, 2.24) is 15.1 Å². The van der Waals surface area contributed by atoms with E-state index in [1.165, 1.54) is 26.1 Å². The molecule has 3 rings (SSSR count). The van der Waals surface area contributed by atoms with E-state index in [4.69, 9.17) is 15.0 Å². The number of pyridine rings is 1. The Bertz CT molecular complexity index is 1140. The van der Waals surface area contributed by atoms with E-state index in [2.05, 4.69) is 20.1 Å². The summed E-state index contributed by atoms with van der Waals surface area (Å²) in [5, 5.41) is 3.78. The number of halogens is 3. The number of aryl methyl sites for hydroxylation is 1. The van der Waals surface area contributed by atoms with Crippen LogP contribution in [0.25, 0.3) is 0 Å². The SMILES string of the molecule is Cc1nc(C(C)(CS(C)(=O)=O)N=C(N)c2cc(O[C@@H](C)C(F)(F)F)c(C3CCC3)cn2)no1. The summed E-state index contributed by atoms with van der Waals surface area (Å²) >= 11 is 0. The van der Waals surface area contributed by atoms with Gasteiger partial charge in [0.2, 0.25) is 5.89 Å². The highest BCUT2D eigenvalue weighted by Crippen LogP contribution is 2.41. The molecule has 0 aliphatic heterocycles. The Kier molecular flexibility index (Phi) is 6.74. The van der Waals surface area contributed by atoms with Gasteiger partial charge in [-0.3, -0.25) is 9.98 Å². The molecule has 9 nitrogen and oxygen atoms in total. The molecule has 1 unspecified atom stereocenters. The highest BCUT2D eigenvalue weighted by molar-refractivity contribution is 7.90. The topological polar surface area (TPSA) is 134 Å². The molecule has 1 saturated carbocycles. The van der Waals surface area contributed by atoms with Crippen LogP contribution in [-0.4, -0.2) is 53.7 Å². The molecule has 182 valence electrons. The van der Waals surface area contributed by atoms with Crippen molar-refractivity contribution in [2.45, 2.75) is 63.8 Å². The van der Waals surface area contributed by atoms with Gasteiger partial charge in [0.25, 0.3) is 0 Å². The Morgan fingerprint density at radius 3 is 2.55 bits per heavy atom. The van der Waals surface area contributed by atoms with Crippen LogP contribution in [0.2, 0.25) is 0 Å². The van der Waals surface area contributed by atoms with Crippen molar-refractivity contribution in [2.75, 3.05) is 12.0 Å². The van der Waals surface area contributed by atoms with Crippen molar-refractivity contribution in [1.29, 1.82) is 0 Å². The second-order valence-electron chi connectivity index (χ2n) is 8.51. The van der Waals surface area contributed by atoms with Crippen LogP contribution in [-0.2, 0) is 15.4 Å². The Morgan fingerprint density at radius 2 is 2.06 bits per heavy atom. The Hall–Kier alpha value is -2.70. The first kappa shape index (κ1) is 24.9. The van der Waals surface area contributed by atoms with E-state index in [9.17, 15) is 21.6 Å². The number of nitrogens with zero attached hydrogens (tertiary/aromatic N) is 4. The molecule has 0 amide bonds. The Morgan fingerprint density at radius 1 is 1.39 bits per heavy atom. The van der Waals surface area contributed by atoms with Gasteiger partial charge in [-0.1, -0.05) is 11.6 Å². The number of ether oxygens (including phenoxy) is 1. The minimum Gasteiger partial charge on any atom is -0.481 e. The van der Waals surface area contributed by atoms with Crippen molar-refractivity contribution < 1.29 is 30.8 Å². The summed E-state index contributed by atoms with van der Waals surface area (Å²) in [5.74, 6) is -0.395. The largest absolute Gasteiger partial charge is 0.481 e. The molecule has 2 aromatic rings. The Labute approximate surface area is 189 Å². The summed E-state index contributed by atoms with van der Waals surface area (Å²) in [6.45, 7) is 3.93. The fourth-order valence-corrected chi connectivity index (χ4v) is 4.69. The molecule has 33 heavy (non-hydrogen) atoms. The molecule has 2 aromatic heterocycles. The molecule has 0 spiro atoms. The molecule has 0 radical (unpaired) electrons. The molecule has 0 bridgehead atoms. The maximum absolute atomic E-state index is 13.1. The van der Waals surface area contributed by atoms with Gasteiger partial charge >= 0.3 is 6.18 Å². The standard InChI is InChI=1S/C20H26F3N5O4S/c1-11(20(21,22)23)31-16-8-15(25-9-14(16)13-6-5-7-13)17(24)27-19(3,10-33(4,29)30)18-26-12(2)32-28-18/h8-9,11,13H,5-7,10H2,1-4H3,(H2,24,27)/t11-,19?/m0/s1. The Balaban J connectivity index is 2.03. The smallest absolute Gasteiger partial charge is 0.425 e. The molecule has 1 aliphatic rings. The normalized spacial score (nSPS) is 18.5. The maximum Gasteiger partial charge on any atom is 0.425 e. The minimum absolute atomic E-state index is 0.00151. The zero-order valence-corrected chi connectivity index (χ0v) is 19.5. The van der Waals surface area contributed by atoms with Crippen molar-refractivity contribution in [3.63, 3.8) is 0 Å². The van der Waals surface area contributed by atoms with Gasteiger partial charge in [-0.15, -0.1) is 0 Å². The second-order valence-corrected chi connectivity index (χ2v) is 10.7. The number of rotatable bonds is 8. The second kappa shape index (κ2) is 8.92. The zero-order valence-electron chi connectivity index (χ0n) is 18.7. The van der Waals surface area contributed by atoms with E-state index in [-0.39, 0.29) is 34.9 Å². The van der Waals surface area contributed by atoms with Gasteiger partial charge in [0, 0.05) is 31.0 Å². The van der Waals surface area contributed by atoms with E-state index >= 15 is 0 Å². The fourth-order valence-electron chi connectivity index (χ4n) is 3.47. The molecule has 1 fully saturated rings. The van der Waals surface area contributed by atoms with Crippen molar-refractivity contribution in [3.05, 3.63) is 35.2 Å². The lowest BCUT2D eigenvalue weighted by Gasteiger charge is -2.29. The number of aliphatic imine (C=N–C) groups is 1. The predicted molar refractivity (Wildman–Crippen MR) is 114 cm³/mol. The molecular formula is C20H26F3N5O4S. The summed E-state index contributed by atoms with van der Waals surface area (Å²) < 4.78 is 73.6. The molecular weight excluding hydrogens is 463 g/mol. The minimum atomic E-state index is -4.55. The highest BCUT2D eigenvalue weighted by atomic mass is 32.2. The highest BCUT2D eigenvalue weighted by Gasteiger charge is 2.39. The van der Waals surface area contributed by atoms with Gasteiger partial charge in [-0.25, -0.2) is 8.42 Å². The van der Waals surface area contributed by atoms with Crippen LogP contribution < -0.4 is 10.5 Å². The molecule has 2 atom stereocenters. The van der Waals surface area contributed by atoms with Crippen molar-refractivity contribution in [3.8, 4) is 5.75 Å². The average Bonchev–Trinajstić information content (AvgIpc) is 3.06. The van der Waals surface area contributed by atoms with Gasteiger partial charge < -0.3 is 15.0 Å². The zero-order chi connectivity index (χ0) is 24.6. The molecule has 2 N–H and O–H groups in total.